The molecular weight excluding hydrogens is 408 g/mol. The molecule has 0 radical (unpaired) electrons. The van der Waals surface area contributed by atoms with Gasteiger partial charge in [-0.05, 0) is 12.8 Å². The number of piperidine rings is 1. The van der Waals surface area contributed by atoms with E-state index in [0.29, 0.717) is 13.1 Å². The van der Waals surface area contributed by atoms with Gasteiger partial charge in [0.15, 0.2) is 0 Å². The monoisotopic (exact) mass is 425 g/mol. The molecule has 0 aromatic carbocycles. The molecule has 2 amide bonds. The Labute approximate surface area is 120 Å². The van der Waals surface area contributed by atoms with Crippen molar-refractivity contribution in [3.05, 3.63) is 0 Å². The van der Waals surface area contributed by atoms with Crippen LogP contribution in [0.25, 0.3) is 0 Å². The van der Waals surface area contributed by atoms with Crippen molar-refractivity contribution in [2.24, 2.45) is 0 Å². The van der Waals surface area contributed by atoms with Crippen molar-refractivity contribution < 1.29 is 40.6 Å². The van der Waals surface area contributed by atoms with Gasteiger partial charge in [-0.2, -0.15) is 0 Å². The van der Waals surface area contributed by atoms with Gasteiger partial charge in [-0.25, -0.2) is 0 Å². The van der Waals surface area contributed by atoms with Crippen molar-refractivity contribution >= 4 is 18.1 Å². The number of rotatable bonds is 5. The largest absolute Gasteiger partial charge is 0.542 e. The molecule has 0 aromatic heterocycles. The summed E-state index contributed by atoms with van der Waals surface area (Å²) in [5, 5.41) is 11.3. The van der Waals surface area contributed by atoms with Crippen molar-refractivity contribution in [1.82, 2.24) is 10.2 Å². The van der Waals surface area contributed by atoms with Gasteiger partial charge in [-0.15, -0.1) is 6.42 Å². The molecule has 1 heterocycles. The van der Waals surface area contributed by atoms with Crippen LogP contribution in [0.3, 0.4) is 0 Å². The van der Waals surface area contributed by atoms with Gasteiger partial charge in [-0.1, -0.05) is 0 Å². The van der Waals surface area contributed by atoms with Crippen LogP contribution in [0.5, 0.6) is 0 Å². The Morgan fingerprint density at radius 3 is 2.78 bits per heavy atom. The molecule has 0 spiro atoms. The molecule has 1 saturated heterocycles. The maximum atomic E-state index is 11.6. The van der Waals surface area contributed by atoms with E-state index in [0.717, 1.165) is 12.8 Å². The first-order chi connectivity index (χ1) is 8.17. The summed E-state index contributed by atoms with van der Waals surface area (Å²) in [7, 11) is 0. The molecule has 7 heteroatoms. The third-order valence-electron chi connectivity index (χ3n) is 2.72. The molecule has 1 aliphatic heterocycles. The first-order valence-corrected chi connectivity index (χ1v) is 5.70. The maximum absolute atomic E-state index is 11.6. The van der Waals surface area contributed by atoms with E-state index in [2.05, 4.69) is 5.32 Å². The van der Waals surface area contributed by atoms with Crippen LogP contribution >= 0.6 is 0 Å². The Kier molecular flexibility index (Phi) is 8.84. The normalized spacial score (nSPS) is 18.7. The van der Waals surface area contributed by atoms with Crippen LogP contribution in [0, 0.1) is 0 Å². The summed E-state index contributed by atoms with van der Waals surface area (Å²) in [6, 6.07) is -0.104. The van der Waals surface area contributed by atoms with E-state index in [1.54, 1.807) is 11.2 Å². The molecule has 18 heavy (non-hydrogen) atoms. The summed E-state index contributed by atoms with van der Waals surface area (Å²) < 4.78 is 0. The molecule has 1 fully saturated rings. The number of nitrogens with one attached hydrogen (secondary N) is 1. The van der Waals surface area contributed by atoms with Gasteiger partial charge < -0.3 is 20.1 Å². The topological polar surface area (TPSA) is 86.7 Å². The van der Waals surface area contributed by atoms with E-state index in [9.17, 15) is 14.4 Å². The number of hydrogen-bond acceptors (Lipinski definition) is 4. The van der Waals surface area contributed by atoms with Crippen molar-refractivity contribution in [2.45, 2.75) is 31.7 Å². The number of nitrogens with zero attached hydrogens (tertiary/aromatic N) is 1. The quantitative estimate of drug-likeness (QED) is 0.552. The number of hydrogen-bond donors (Lipinski definition) is 2. The molecule has 0 saturated carbocycles. The van der Waals surface area contributed by atoms with Crippen LogP contribution in [-0.4, -0.2) is 53.8 Å². The molecule has 2 N–H and O–H groups in total. The molecule has 6 nitrogen and oxygen atoms in total. The number of aliphatic hydroxyl groups excluding tert-OH is 1. The van der Waals surface area contributed by atoms with E-state index in [1.807, 2.05) is 0 Å². The Morgan fingerprint density at radius 2 is 2.17 bits per heavy atom. The van der Waals surface area contributed by atoms with E-state index < -0.39 is 12.5 Å². The fraction of sp³-hybridized carbons (Fsp3) is 0.727. The Bertz CT molecular complexity index is 299. The summed E-state index contributed by atoms with van der Waals surface area (Å²) in [6.07, 6.45) is 3.59. The predicted octanol–water partition coefficient (Wildman–Crippen LogP) is -1.03. The fourth-order valence-electron chi connectivity index (χ4n) is 1.91. The van der Waals surface area contributed by atoms with Crippen LogP contribution in [-0.2, 0) is 35.4 Å². The number of carbonyl (C=O) groups is 2. The van der Waals surface area contributed by atoms with Gasteiger partial charge in [0.1, 0.15) is 6.61 Å². The SMILES string of the molecule is O=[C-]CCC(=O)N1CCCC(NC(=O)CO)C1.[W]. The van der Waals surface area contributed by atoms with Crippen molar-refractivity contribution in [3.8, 4) is 0 Å². The fourth-order valence-corrected chi connectivity index (χ4v) is 1.91. The smallest absolute Gasteiger partial charge is 0.245 e. The average Bonchev–Trinajstić information content (AvgIpc) is 2.36. The maximum Gasteiger partial charge on any atom is 0.245 e. The van der Waals surface area contributed by atoms with Gasteiger partial charge in [0.05, 0.1) is 0 Å². The molecule has 0 bridgehead atoms. The summed E-state index contributed by atoms with van der Waals surface area (Å²) in [5.74, 6) is -0.512. The number of likely N-dealkylation sites (tertiary alicyclic amines) is 1. The standard InChI is InChI=1S/C11H17N2O4.W/c14-6-2-4-11(17)13-5-1-3-9(7-13)12-10(16)8-15;/h9,15H,1-5,7-8H2,(H,12,16);/q-1;. The molecule has 0 aromatic rings. The minimum absolute atomic E-state index is 0. The van der Waals surface area contributed by atoms with E-state index >= 15 is 0 Å². The molecule has 0 aliphatic carbocycles. The van der Waals surface area contributed by atoms with Gasteiger partial charge >= 0.3 is 0 Å². The first-order valence-electron chi connectivity index (χ1n) is 5.70. The van der Waals surface area contributed by atoms with Gasteiger partial charge in [0.25, 0.3) is 0 Å². The van der Waals surface area contributed by atoms with Crippen molar-refractivity contribution in [2.75, 3.05) is 19.7 Å². The summed E-state index contributed by atoms with van der Waals surface area (Å²) >= 11 is 0. The van der Waals surface area contributed by atoms with Crippen molar-refractivity contribution in [1.29, 1.82) is 0 Å². The van der Waals surface area contributed by atoms with Crippen LogP contribution in [0.1, 0.15) is 25.7 Å². The molecule has 1 aliphatic rings. The second-order valence-electron chi connectivity index (χ2n) is 4.05. The number of aliphatic hydroxyl groups is 1. The number of amides is 2. The zero-order valence-electron chi connectivity index (χ0n) is 10.1. The van der Waals surface area contributed by atoms with Crippen LogP contribution in [0.2, 0.25) is 0 Å². The zero-order chi connectivity index (χ0) is 12.7. The van der Waals surface area contributed by atoms with Crippen molar-refractivity contribution in [3.63, 3.8) is 0 Å². The van der Waals surface area contributed by atoms with E-state index in [-0.39, 0.29) is 45.9 Å². The number of carbonyl (C=O) groups excluding carboxylic acids is 3. The van der Waals surface area contributed by atoms with Crippen LogP contribution in [0.4, 0.5) is 0 Å². The molecule has 1 rings (SSSR count). The van der Waals surface area contributed by atoms with E-state index in [1.165, 1.54) is 0 Å². The second kappa shape index (κ2) is 9.22. The molecular formula is C11H17N2O4W-. The van der Waals surface area contributed by atoms with Crippen LogP contribution in [0.15, 0.2) is 0 Å². The predicted molar refractivity (Wildman–Crippen MR) is 59.8 cm³/mol. The Morgan fingerprint density at radius 1 is 1.44 bits per heavy atom. The third-order valence-corrected chi connectivity index (χ3v) is 2.72. The minimum Gasteiger partial charge on any atom is -0.542 e. The Hall–Kier alpha value is -0.742. The Balaban J connectivity index is 0.00000289. The minimum atomic E-state index is -0.537. The molecule has 1 unspecified atom stereocenters. The van der Waals surface area contributed by atoms with Gasteiger partial charge in [0.2, 0.25) is 11.8 Å². The molecule has 1 atom stereocenters. The second-order valence-corrected chi connectivity index (χ2v) is 4.05. The zero-order valence-corrected chi connectivity index (χ0v) is 13.0. The first kappa shape index (κ1) is 17.3. The average molecular weight is 425 g/mol. The molecule has 102 valence electrons. The van der Waals surface area contributed by atoms with E-state index in [4.69, 9.17) is 5.11 Å². The van der Waals surface area contributed by atoms with Crippen LogP contribution < -0.4 is 5.32 Å². The summed E-state index contributed by atoms with van der Waals surface area (Å²) in [6.45, 7) is 0.567. The summed E-state index contributed by atoms with van der Waals surface area (Å²) in [5.41, 5.74) is 0. The third kappa shape index (κ3) is 5.73. The van der Waals surface area contributed by atoms with Gasteiger partial charge in [0, 0.05) is 46.6 Å². The summed E-state index contributed by atoms with van der Waals surface area (Å²) in [4.78, 5) is 34.4. The van der Waals surface area contributed by atoms with Gasteiger partial charge in [-0.3, -0.25) is 15.9 Å².